The topological polar surface area (TPSA) is 117 Å². The van der Waals surface area contributed by atoms with Crippen LogP contribution in [0.3, 0.4) is 0 Å². The molecule has 0 saturated heterocycles. The highest BCUT2D eigenvalue weighted by molar-refractivity contribution is 6.30. The van der Waals surface area contributed by atoms with Crippen LogP contribution in [0.2, 0.25) is 5.02 Å². The van der Waals surface area contributed by atoms with Crippen molar-refractivity contribution < 1.29 is 38.1 Å². The van der Waals surface area contributed by atoms with E-state index in [-0.39, 0.29) is 43.7 Å². The Morgan fingerprint density at radius 3 is 1.91 bits per heavy atom. The monoisotopic (exact) mass is 607 g/mol. The second kappa shape index (κ2) is 16.1. The zero-order valence-corrected chi connectivity index (χ0v) is 25.2. The van der Waals surface area contributed by atoms with Crippen molar-refractivity contribution in [1.82, 2.24) is 5.32 Å². The summed E-state index contributed by atoms with van der Waals surface area (Å²) in [5.74, 6) is -0.364. The van der Waals surface area contributed by atoms with Gasteiger partial charge in [-0.1, -0.05) is 60.1 Å². The minimum absolute atomic E-state index is 0.0842. The summed E-state index contributed by atoms with van der Waals surface area (Å²) in [5.41, 5.74) is 3.36. The average Bonchev–Trinajstić information content (AvgIpc) is 2.99. The lowest BCUT2D eigenvalue weighted by Crippen LogP contribution is -2.34. The molecule has 0 aliphatic carbocycles. The van der Waals surface area contributed by atoms with E-state index in [4.69, 9.17) is 30.5 Å². The number of allylic oxidation sites excluding steroid dienone is 1. The molecule has 4 rings (SSSR count). The Labute approximate surface area is 255 Å². The molecule has 1 N–H and O–H groups in total. The number of ether oxygens (including phenoxy) is 4. The molecule has 0 spiro atoms. The summed E-state index contributed by atoms with van der Waals surface area (Å²) < 4.78 is 20.9. The third kappa shape index (κ3) is 9.72. The van der Waals surface area contributed by atoms with Gasteiger partial charge in [-0.3, -0.25) is 14.4 Å². The molecule has 9 nitrogen and oxygen atoms in total. The molecule has 43 heavy (non-hydrogen) atoms. The Morgan fingerprint density at radius 1 is 0.837 bits per heavy atom. The maximum atomic E-state index is 12.8. The Balaban J connectivity index is 0.000000271. The van der Waals surface area contributed by atoms with E-state index in [0.29, 0.717) is 27.8 Å². The summed E-state index contributed by atoms with van der Waals surface area (Å²) >= 11 is 5.96. The maximum absolute atomic E-state index is 12.8. The summed E-state index contributed by atoms with van der Waals surface area (Å²) in [4.78, 5) is 46.7. The SMILES string of the molecule is COc1ccccc1COC(=O)C1=C(C)NC(=O)CC1c1ccc(Cl)cc1.COc1ccccc1COC(=O)CC(C)=O. The molecule has 1 aliphatic heterocycles. The minimum atomic E-state index is -0.515. The molecule has 1 unspecified atom stereocenters. The molecule has 0 radical (unpaired) electrons. The van der Waals surface area contributed by atoms with E-state index in [0.717, 1.165) is 16.7 Å². The van der Waals surface area contributed by atoms with Gasteiger partial charge in [-0.05, 0) is 43.7 Å². The fourth-order valence-corrected chi connectivity index (χ4v) is 4.56. The van der Waals surface area contributed by atoms with E-state index in [1.807, 2.05) is 48.5 Å². The third-order valence-electron chi connectivity index (χ3n) is 6.49. The Hall–Kier alpha value is -4.63. The number of nitrogens with one attached hydrogen (secondary N) is 1. The van der Waals surface area contributed by atoms with Crippen molar-refractivity contribution in [2.45, 2.75) is 45.8 Å². The van der Waals surface area contributed by atoms with Crippen LogP contribution >= 0.6 is 11.6 Å². The molecule has 3 aromatic rings. The fraction of sp³-hybridized carbons (Fsp3) is 0.273. The van der Waals surface area contributed by atoms with Gasteiger partial charge < -0.3 is 24.3 Å². The number of hydrogen-bond donors (Lipinski definition) is 1. The van der Waals surface area contributed by atoms with Gasteiger partial charge in [0.05, 0.1) is 19.8 Å². The predicted molar refractivity (Wildman–Crippen MR) is 161 cm³/mol. The van der Waals surface area contributed by atoms with Crippen LogP contribution in [0.1, 0.15) is 49.3 Å². The Kier molecular flexibility index (Phi) is 12.3. The second-order valence-electron chi connectivity index (χ2n) is 9.63. The first-order chi connectivity index (χ1) is 20.6. The van der Waals surface area contributed by atoms with Crippen LogP contribution in [0.4, 0.5) is 0 Å². The molecule has 1 amide bonds. The summed E-state index contributed by atoms with van der Waals surface area (Å²) in [6.07, 6.45) is -0.00673. The van der Waals surface area contributed by atoms with Gasteiger partial charge >= 0.3 is 11.9 Å². The highest BCUT2D eigenvalue weighted by Crippen LogP contribution is 2.34. The molecule has 0 fully saturated rings. The quantitative estimate of drug-likeness (QED) is 0.231. The number of esters is 2. The lowest BCUT2D eigenvalue weighted by Gasteiger charge is -2.26. The van der Waals surface area contributed by atoms with Crippen molar-refractivity contribution in [2.24, 2.45) is 0 Å². The molecule has 1 heterocycles. The smallest absolute Gasteiger partial charge is 0.336 e. The highest BCUT2D eigenvalue weighted by atomic mass is 35.5. The van der Waals surface area contributed by atoms with E-state index < -0.39 is 11.9 Å². The number of benzene rings is 3. The zero-order valence-electron chi connectivity index (χ0n) is 24.5. The molecule has 1 aliphatic rings. The van der Waals surface area contributed by atoms with Crippen LogP contribution in [0.15, 0.2) is 84.1 Å². The number of carbonyl (C=O) groups is 4. The van der Waals surface area contributed by atoms with E-state index >= 15 is 0 Å². The number of rotatable bonds is 10. The standard InChI is InChI=1S/C21H20ClNO4.C12H14O4/c1-13-20(21(25)27-12-15-5-3-4-6-18(15)26-2)17(11-19(24)23-13)14-7-9-16(22)10-8-14;1-9(13)7-12(14)16-8-10-5-3-4-6-11(10)15-2/h3-10,17H,11-12H2,1-2H3,(H,23,24);3-6H,7-8H2,1-2H3. The first-order valence-electron chi connectivity index (χ1n) is 13.4. The molecule has 0 bridgehead atoms. The minimum Gasteiger partial charge on any atom is -0.496 e. The average molecular weight is 608 g/mol. The van der Waals surface area contributed by atoms with Gasteiger partial charge in [0.15, 0.2) is 0 Å². The first-order valence-corrected chi connectivity index (χ1v) is 13.8. The van der Waals surface area contributed by atoms with Crippen LogP contribution in [0, 0.1) is 0 Å². The van der Waals surface area contributed by atoms with Crippen LogP contribution in [-0.2, 0) is 41.9 Å². The van der Waals surface area contributed by atoms with Gasteiger partial charge in [-0.2, -0.15) is 0 Å². The van der Waals surface area contributed by atoms with Gasteiger partial charge in [-0.25, -0.2) is 4.79 Å². The van der Waals surface area contributed by atoms with E-state index in [2.05, 4.69) is 5.32 Å². The molecule has 0 aromatic heterocycles. The molecule has 1 atom stereocenters. The predicted octanol–water partition coefficient (Wildman–Crippen LogP) is 5.69. The first kappa shape index (κ1) is 32.9. The number of methoxy groups -OCH3 is 2. The van der Waals surface area contributed by atoms with E-state index in [1.165, 1.54) is 6.92 Å². The van der Waals surface area contributed by atoms with Gasteiger partial charge in [0.25, 0.3) is 0 Å². The normalized spacial score (nSPS) is 14.1. The Bertz CT molecular complexity index is 1480. The lowest BCUT2D eigenvalue weighted by atomic mass is 9.84. The number of halogens is 1. The second-order valence-corrected chi connectivity index (χ2v) is 10.1. The van der Waals surface area contributed by atoms with Crippen molar-refractivity contribution in [3.05, 3.63) is 106 Å². The zero-order chi connectivity index (χ0) is 31.4. The number of ketones is 1. The molecular weight excluding hydrogens is 574 g/mol. The van der Waals surface area contributed by atoms with Crippen molar-refractivity contribution in [3.8, 4) is 11.5 Å². The number of hydrogen-bond acceptors (Lipinski definition) is 8. The van der Waals surface area contributed by atoms with Crippen LogP contribution < -0.4 is 14.8 Å². The molecular formula is C33H34ClNO8. The summed E-state index contributed by atoms with van der Waals surface area (Å²) in [5, 5.41) is 3.33. The fourth-order valence-electron chi connectivity index (χ4n) is 4.43. The number of para-hydroxylation sites is 2. The van der Waals surface area contributed by atoms with Crippen molar-refractivity contribution >= 4 is 35.2 Å². The summed E-state index contributed by atoms with van der Waals surface area (Å²) in [6.45, 7) is 3.26. The van der Waals surface area contributed by atoms with Crippen molar-refractivity contribution in [1.29, 1.82) is 0 Å². The van der Waals surface area contributed by atoms with Crippen LogP contribution in [-0.4, -0.2) is 37.8 Å². The molecule has 226 valence electrons. The van der Waals surface area contributed by atoms with Crippen molar-refractivity contribution in [3.63, 3.8) is 0 Å². The maximum Gasteiger partial charge on any atom is 0.336 e. The number of Topliss-reactive ketones (excluding diaryl/α,β-unsaturated/α-hetero) is 1. The highest BCUT2D eigenvalue weighted by Gasteiger charge is 2.32. The van der Waals surface area contributed by atoms with E-state index in [9.17, 15) is 19.2 Å². The van der Waals surface area contributed by atoms with E-state index in [1.54, 1.807) is 45.4 Å². The van der Waals surface area contributed by atoms with Crippen LogP contribution in [0.5, 0.6) is 11.5 Å². The Morgan fingerprint density at radius 2 is 1.37 bits per heavy atom. The number of carbonyl (C=O) groups excluding carboxylic acids is 4. The summed E-state index contributed by atoms with van der Waals surface area (Å²) in [6, 6.07) is 21.8. The van der Waals surface area contributed by atoms with Crippen LogP contribution in [0.25, 0.3) is 0 Å². The van der Waals surface area contributed by atoms with Gasteiger partial charge in [0.1, 0.15) is 36.9 Å². The van der Waals surface area contributed by atoms with Gasteiger partial charge in [0.2, 0.25) is 5.91 Å². The summed E-state index contributed by atoms with van der Waals surface area (Å²) in [7, 11) is 3.12. The molecule has 10 heteroatoms. The largest absolute Gasteiger partial charge is 0.496 e. The van der Waals surface area contributed by atoms with Gasteiger partial charge in [-0.15, -0.1) is 0 Å². The van der Waals surface area contributed by atoms with Crippen molar-refractivity contribution in [2.75, 3.05) is 14.2 Å². The molecule has 0 saturated carbocycles. The lowest BCUT2D eigenvalue weighted by molar-refractivity contribution is -0.147. The molecule has 3 aromatic carbocycles. The number of amides is 1. The van der Waals surface area contributed by atoms with Gasteiger partial charge in [0, 0.05) is 34.2 Å². The third-order valence-corrected chi connectivity index (χ3v) is 6.74.